The van der Waals surface area contributed by atoms with E-state index in [2.05, 4.69) is 0 Å². The number of rotatable bonds is 2. The number of H-pyrrole nitrogens is 1. The van der Waals surface area contributed by atoms with Gasteiger partial charge in [0.2, 0.25) is 5.82 Å². The molecular formula is C9H11FN2O6. The van der Waals surface area contributed by atoms with Crippen LogP contribution in [0.3, 0.4) is 0 Å². The van der Waals surface area contributed by atoms with Gasteiger partial charge in [-0.25, -0.2) is 4.79 Å². The van der Waals surface area contributed by atoms with Crippen LogP contribution in [-0.2, 0) is 4.74 Å². The number of hydrogen-bond donors (Lipinski definition) is 4. The number of nitrogens with zero attached hydrogens (tertiary/aromatic N) is 1. The van der Waals surface area contributed by atoms with Gasteiger partial charge in [-0.05, 0) is 0 Å². The van der Waals surface area contributed by atoms with Gasteiger partial charge in [-0.15, -0.1) is 0 Å². The Morgan fingerprint density at radius 2 is 2.06 bits per heavy atom. The minimum atomic E-state index is -1.52. The molecule has 4 N–H and O–H groups in total. The van der Waals surface area contributed by atoms with E-state index in [-0.39, 0.29) is 0 Å². The largest absolute Gasteiger partial charge is 0.394 e. The van der Waals surface area contributed by atoms with Gasteiger partial charge in [-0.1, -0.05) is 0 Å². The lowest BCUT2D eigenvalue weighted by Gasteiger charge is -2.16. The summed E-state index contributed by atoms with van der Waals surface area (Å²) in [4.78, 5) is 24.0. The first-order chi connectivity index (χ1) is 8.45. The van der Waals surface area contributed by atoms with Crippen LogP contribution in [0.5, 0.6) is 0 Å². The molecule has 100 valence electrons. The number of ether oxygens (including phenoxy) is 1. The van der Waals surface area contributed by atoms with E-state index in [4.69, 9.17) is 9.84 Å². The fourth-order valence-electron chi connectivity index (χ4n) is 1.76. The summed E-state index contributed by atoms with van der Waals surface area (Å²) >= 11 is 0. The summed E-state index contributed by atoms with van der Waals surface area (Å²) in [7, 11) is 0. The van der Waals surface area contributed by atoms with Crippen LogP contribution in [0.25, 0.3) is 0 Å². The Labute approximate surface area is 98.9 Å². The van der Waals surface area contributed by atoms with Crippen molar-refractivity contribution >= 4 is 0 Å². The van der Waals surface area contributed by atoms with Crippen molar-refractivity contribution in [3.63, 3.8) is 0 Å². The molecule has 0 saturated carbocycles. The van der Waals surface area contributed by atoms with Gasteiger partial charge in [0.25, 0.3) is 5.56 Å². The number of aliphatic hydroxyl groups is 3. The van der Waals surface area contributed by atoms with Gasteiger partial charge in [-0.2, -0.15) is 4.39 Å². The van der Waals surface area contributed by atoms with Crippen LogP contribution in [0.2, 0.25) is 0 Å². The second kappa shape index (κ2) is 4.61. The molecule has 2 heterocycles. The summed E-state index contributed by atoms with van der Waals surface area (Å²) in [6.45, 7) is -0.574. The van der Waals surface area contributed by atoms with Crippen LogP contribution in [0.15, 0.2) is 15.8 Å². The van der Waals surface area contributed by atoms with E-state index in [1.165, 1.54) is 0 Å². The van der Waals surface area contributed by atoms with E-state index < -0.39 is 48.2 Å². The van der Waals surface area contributed by atoms with Crippen molar-refractivity contribution in [3.8, 4) is 0 Å². The summed E-state index contributed by atoms with van der Waals surface area (Å²) in [5.74, 6) is -1.23. The highest BCUT2D eigenvalue weighted by atomic mass is 18.2. The highest BCUT2D eigenvalue weighted by Crippen LogP contribution is 2.27. The molecule has 1 fully saturated rings. The molecule has 1 aliphatic heterocycles. The fraction of sp³-hybridized carbons (Fsp3) is 0.556. The van der Waals surface area contributed by atoms with Crippen molar-refractivity contribution in [2.24, 2.45) is 0 Å². The van der Waals surface area contributed by atoms with Crippen LogP contribution in [0.1, 0.15) is 6.23 Å². The molecule has 0 bridgehead atoms. The number of aliphatic hydroxyl groups excluding tert-OH is 3. The van der Waals surface area contributed by atoms with Gasteiger partial charge in [0.05, 0.1) is 12.8 Å². The summed E-state index contributed by atoms with van der Waals surface area (Å²) in [6, 6.07) is 0. The molecule has 1 saturated heterocycles. The number of nitrogens with one attached hydrogen (secondary N) is 1. The van der Waals surface area contributed by atoms with Gasteiger partial charge in [0.1, 0.15) is 18.3 Å². The SMILES string of the molecule is O=c1[nH]c(=O)n(C2OC(CO)C(O)C2O)cc1[18F]. The lowest BCUT2D eigenvalue weighted by Crippen LogP contribution is -2.38. The standard InChI is InChI=1S/C9H11FN2O6/c10-3-1-12(9(17)11-7(3)16)8-6(15)5(14)4(2-13)18-8/h1,4-6,8,13-15H,2H2,(H,11,16,17)/i10-1. The lowest BCUT2D eigenvalue weighted by molar-refractivity contribution is -0.0554. The summed E-state index contributed by atoms with van der Waals surface area (Å²) in [6.07, 6.45) is -4.84. The maximum absolute atomic E-state index is 13.1. The van der Waals surface area contributed by atoms with Crippen LogP contribution in [0.4, 0.5) is 4.39 Å². The quantitative estimate of drug-likeness (QED) is 0.458. The molecular weight excluding hydrogens is 250 g/mol. The predicted octanol–water partition coefficient (Wildman–Crippen LogP) is -2.71. The molecule has 0 radical (unpaired) electrons. The van der Waals surface area contributed by atoms with Gasteiger partial charge >= 0.3 is 5.69 Å². The molecule has 2 rings (SSSR count). The molecule has 9 heteroatoms. The first-order valence-electron chi connectivity index (χ1n) is 5.09. The second-order valence-electron chi connectivity index (χ2n) is 3.87. The third-order valence-electron chi connectivity index (χ3n) is 2.72. The van der Waals surface area contributed by atoms with Gasteiger partial charge in [0.15, 0.2) is 6.23 Å². The van der Waals surface area contributed by atoms with Gasteiger partial charge in [-0.3, -0.25) is 14.3 Å². The van der Waals surface area contributed by atoms with E-state index in [0.717, 1.165) is 0 Å². The molecule has 0 aromatic carbocycles. The molecule has 0 spiro atoms. The third kappa shape index (κ3) is 1.97. The normalized spacial score (nSPS) is 31.8. The molecule has 1 aromatic heterocycles. The van der Waals surface area contributed by atoms with E-state index in [9.17, 15) is 24.2 Å². The molecule has 0 aliphatic carbocycles. The van der Waals surface area contributed by atoms with Crippen molar-refractivity contribution in [2.75, 3.05) is 6.61 Å². The summed E-state index contributed by atoms with van der Waals surface area (Å²) in [5, 5.41) is 28.0. The van der Waals surface area contributed by atoms with Crippen LogP contribution < -0.4 is 11.2 Å². The summed E-state index contributed by atoms with van der Waals surface area (Å²) < 4.78 is 18.7. The second-order valence-corrected chi connectivity index (χ2v) is 3.87. The average Bonchev–Trinajstić information content (AvgIpc) is 2.61. The Morgan fingerprint density at radius 1 is 1.39 bits per heavy atom. The Morgan fingerprint density at radius 3 is 2.61 bits per heavy atom. The number of aromatic nitrogens is 2. The van der Waals surface area contributed by atoms with E-state index in [1.54, 1.807) is 4.98 Å². The van der Waals surface area contributed by atoms with Crippen LogP contribution in [0, 0.1) is 5.82 Å². The maximum Gasteiger partial charge on any atom is 0.330 e. The average molecular weight is 261 g/mol. The summed E-state index contributed by atoms with van der Waals surface area (Å²) in [5.41, 5.74) is -2.18. The smallest absolute Gasteiger partial charge is 0.330 e. The zero-order valence-electron chi connectivity index (χ0n) is 8.99. The fourth-order valence-corrected chi connectivity index (χ4v) is 1.76. The molecule has 0 amide bonds. The number of aromatic amines is 1. The van der Waals surface area contributed by atoms with Crippen molar-refractivity contribution in [1.29, 1.82) is 0 Å². The van der Waals surface area contributed by atoms with Crippen LogP contribution >= 0.6 is 0 Å². The maximum atomic E-state index is 13.1. The Kier molecular flexibility index (Phi) is 3.30. The minimum absolute atomic E-state index is 0.571. The molecule has 1 aliphatic rings. The highest BCUT2D eigenvalue weighted by Gasteiger charge is 2.43. The number of hydrogen-bond acceptors (Lipinski definition) is 6. The highest BCUT2D eigenvalue weighted by molar-refractivity contribution is 4.94. The molecule has 8 nitrogen and oxygen atoms in total. The van der Waals surface area contributed by atoms with Crippen molar-refractivity contribution in [3.05, 3.63) is 32.9 Å². The first-order valence-corrected chi connectivity index (χ1v) is 5.09. The van der Waals surface area contributed by atoms with E-state index in [1.807, 2.05) is 0 Å². The third-order valence-corrected chi connectivity index (χ3v) is 2.72. The molecule has 4 unspecified atom stereocenters. The zero-order valence-corrected chi connectivity index (χ0v) is 8.99. The van der Waals surface area contributed by atoms with Gasteiger partial charge in [0, 0.05) is 0 Å². The van der Waals surface area contributed by atoms with Crippen LogP contribution in [-0.4, -0.2) is 49.8 Å². The minimum Gasteiger partial charge on any atom is -0.394 e. The lowest BCUT2D eigenvalue weighted by atomic mass is 10.1. The van der Waals surface area contributed by atoms with E-state index >= 15 is 0 Å². The Hall–Kier alpha value is -1.55. The molecule has 18 heavy (non-hydrogen) atoms. The van der Waals surface area contributed by atoms with Crippen molar-refractivity contribution < 1.29 is 24.4 Å². The van der Waals surface area contributed by atoms with Gasteiger partial charge < -0.3 is 20.1 Å². The zero-order chi connectivity index (χ0) is 13.4. The van der Waals surface area contributed by atoms with Crippen molar-refractivity contribution in [2.45, 2.75) is 24.5 Å². The first kappa shape index (κ1) is 12.9. The molecule has 1 aromatic rings. The monoisotopic (exact) mass is 261 g/mol. The number of halogens is 1. The predicted molar refractivity (Wildman–Crippen MR) is 54.3 cm³/mol. The Bertz CT molecular complexity index is 555. The topological polar surface area (TPSA) is 125 Å². The van der Waals surface area contributed by atoms with E-state index in [0.29, 0.717) is 10.8 Å². The molecule has 4 atom stereocenters. The Balaban J connectivity index is 2.42. The van der Waals surface area contributed by atoms with Crippen molar-refractivity contribution in [1.82, 2.24) is 9.55 Å².